The Morgan fingerprint density at radius 2 is 1.68 bits per heavy atom. The Balaban J connectivity index is 2.33. The molecule has 116 valence electrons. The van der Waals surface area contributed by atoms with Crippen LogP contribution in [0.1, 0.15) is 13.8 Å². The molecule has 0 aliphatic carbocycles. The van der Waals surface area contributed by atoms with Crippen molar-refractivity contribution in [2.75, 3.05) is 18.2 Å². The summed E-state index contributed by atoms with van der Waals surface area (Å²) in [6, 6.07) is 8.89. The van der Waals surface area contributed by atoms with Crippen LogP contribution >= 0.6 is 0 Å². The molecule has 2 rings (SSSR count). The second-order valence-electron chi connectivity index (χ2n) is 4.10. The third-order valence-corrected chi connectivity index (χ3v) is 2.62. The molecule has 1 N–H and O–H groups in total. The summed E-state index contributed by atoms with van der Waals surface area (Å²) in [5.41, 5.74) is 3.32. The molecule has 1 aliphatic heterocycles. The number of nitrogens with zero attached hydrogens (tertiary/aromatic N) is 3. The van der Waals surface area contributed by atoms with Crippen LogP contribution in [-0.2, 0) is 19.1 Å². The maximum atomic E-state index is 12.0. The van der Waals surface area contributed by atoms with Crippen LogP contribution in [0.25, 0.3) is 0 Å². The molecule has 0 fully saturated rings. The average Bonchev–Trinajstić information content (AvgIpc) is 2.55. The van der Waals surface area contributed by atoms with Gasteiger partial charge in [0, 0.05) is 0 Å². The summed E-state index contributed by atoms with van der Waals surface area (Å²) in [6.07, 6.45) is 0. The lowest BCUT2D eigenvalue weighted by atomic mass is 10.3. The molecule has 8 nitrogen and oxygen atoms in total. The van der Waals surface area contributed by atoms with Crippen molar-refractivity contribution in [1.29, 1.82) is 0 Å². The van der Waals surface area contributed by atoms with Crippen LogP contribution in [0.2, 0.25) is 0 Å². The Labute approximate surface area is 127 Å². The first kappa shape index (κ1) is 15.5. The van der Waals surface area contributed by atoms with Crippen molar-refractivity contribution in [1.82, 2.24) is 5.43 Å². The maximum absolute atomic E-state index is 12.0. The lowest BCUT2D eigenvalue weighted by Crippen LogP contribution is -2.54. The van der Waals surface area contributed by atoms with E-state index in [4.69, 9.17) is 9.47 Å². The molecule has 0 saturated heterocycles. The zero-order chi connectivity index (χ0) is 15.9. The predicted molar refractivity (Wildman–Crippen MR) is 80.2 cm³/mol. The Kier molecular flexibility index (Phi) is 5.07. The third kappa shape index (κ3) is 3.40. The van der Waals surface area contributed by atoms with Crippen LogP contribution < -0.4 is 10.4 Å². The van der Waals surface area contributed by atoms with Gasteiger partial charge in [-0.25, -0.2) is 14.6 Å². The van der Waals surface area contributed by atoms with E-state index in [9.17, 15) is 9.59 Å². The summed E-state index contributed by atoms with van der Waals surface area (Å²) < 4.78 is 9.80. The van der Waals surface area contributed by atoms with Gasteiger partial charge in [-0.15, -0.1) is 10.2 Å². The summed E-state index contributed by atoms with van der Waals surface area (Å²) in [6.45, 7) is 3.78. The molecule has 0 atom stereocenters. The van der Waals surface area contributed by atoms with Gasteiger partial charge in [-0.1, -0.05) is 18.2 Å². The van der Waals surface area contributed by atoms with E-state index >= 15 is 0 Å². The van der Waals surface area contributed by atoms with Crippen molar-refractivity contribution in [2.45, 2.75) is 13.8 Å². The van der Waals surface area contributed by atoms with Gasteiger partial charge in [0.25, 0.3) is 11.7 Å². The van der Waals surface area contributed by atoms with E-state index in [0.29, 0.717) is 5.69 Å². The van der Waals surface area contributed by atoms with Gasteiger partial charge < -0.3 is 9.47 Å². The summed E-state index contributed by atoms with van der Waals surface area (Å²) in [5, 5.41) is 8.80. The number of carbonyl (C=O) groups excluding carboxylic acids is 2. The zero-order valence-corrected chi connectivity index (χ0v) is 12.3. The highest BCUT2D eigenvalue weighted by atomic mass is 16.5. The SMILES string of the molecule is CCOC(=O)C1=NN=C(C(=O)OCC)N(c2ccccc2)N1. The van der Waals surface area contributed by atoms with Crippen molar-refractivity contribution in [3.8, 4) is 0 Å². The summed E-state index contributed by atoms with van der Waals surface area (Å²) in [7, 11) is 0. The minimum Gasteiger partial charge on any atom is -0.460 e. The van der Waals surface area contributed by atoms with Crippen LogP contribution in [-0.4, -0.2) is 36.8 Å². The summed E-state index contributed by atoms with van der Waals surface area (Å²) >= 11 is 0. The number of hydrazine groups is 1. The first-order valence-electron chi connectivity index (χ1n) is 6.79. The highest BCUT2D eigenvalue weighted by Crippen LogP contribution is 2.14. The van der Waals surface area contributed by atoms with Gasteiger partial charge in [0.1, 0.15) is 0 Å². The molecule has 0 amide bonds. The highest BCUT2D eigenvalue weighted by molar-refractivity contribution is 6.44. The molecule has 1 aliphatic rings. The number of rotatable bonds is 5. The van der Waals surface area contributed by atoms with Gasteiger partial charge in [0.05, 0.1) is 18.9 Å². The minimum atomic E-state index is -0.657. The number of hydrogen-bond acceptors (Lipinski definition) is 8. The van der Waals surface area contributed by atoms with E-state index in [0.717, 1.165) is 0 Å². The molecule has 22 heavy (non-hydrogen) atoms. The number of esters is 2. The van der Waals surface area contributed by atoms with Crippen molar-refractivity contribution >= 4 is 29.3 Å². The number of anilines is 1. The topological polar surface area (TPSA) is 92.6 Å². The van der Waals surface area contributed by atoms with Crippen molar-refractivity contribution in [3.05, 3.63) is 30.3 Å². The normalized spacial score (nSPS) is 13.6. The van der Waals surface area contributed by atoms with Crippen molar-refractivity contribution in [3.63, 3.8) is 0 Å². The highest BCUT2D eigenvalue weighted by Gasteiger charge is 2.29. The predicted octanol–water partition coefficient (Wildman–Crippen LogP) is 0.849. The van der Waals surface area contributed by atoms with Crippen LogP contribution in [0.5, 0.6) is 0 Å². The Hall–Kier alpha value is -2.90. The minimum absolute atomic E-state index is 0.0684. The molecule has 0 radical (unpaired) electrons. The van der Waals surface area contributed by atoms with E-state index < -0.39 is 11.9 Å². The molecule has 1 heterocycles. The second-order valence-corrected chi connectivity index (χ2v) is 4.10. The quantitative estimate of drug-likeness (QED) is 0.811. The van der Waals surface area contributed by atoms with Crippen molar-refractivity contribution in [2.24, 2.45) is 10.2 Å². The number of amidine groups is 2. The molecule has 0 spiro atoms. The van der Waals surface area contributed by atoms with Crippen LogP contribution in [0.4, 0.5) is 5.69 Å². The Morgan fingerprint density at radius 1 is 1.05 bits per heavy atom. The molecule has 0 bridgehead atoms. The van der Waals surface area contributed by atoms with Crippen LogP contribution in [0, 0.1) is 0 Å². The Bertz CT molecular complexity index is 613. The first-order valence-corrected chi connectivity index (χ1v) is 6.79. The van der Waals surface area contributed by atoms with E-state index in [1.807, 2.05) is 6.07 Å². The summed E-state index contributed by atoms with van der Waals surface area (Å²) in [5.74, 6) is -1.49. The molecule has 1 aromatic carbocycles. The van der Waals surface area contributed by atoms with E-state index in [-0.39, 0.29) is 24.9 Å². The van der Waals surface area contributed by atoms with Gasteiger partial charge in [-0.3, -0.25) is 5.43 Å². The molecule has 0 saturated carbocycles. The number of para-hydroxylation sites is 1. The lowest BCUT2D eigenvalue weighted by molar-refractivity contribution is -0.136. The standard InChI is InChI=1S/C14H16N4O4/c1-3-21-13(19)11-15-16-12(14(20)22-4-2)18(17-11)10-8-6-5-7-9-10/h5-9H,3-4H2,1-2H3,(H,15,17). The molecule has 8 heteroatoms. The fourth-order valence-corrected chi connectivity index (χ4v) is 1.70. The van der Waals surface area contributed by atoms with Gasteiger partial charge in [-0.05, 0) is 26.0 Å². The summed E-state index contributed by atoms with van der Waals surface area (Å²) in [4.78, 5) is 23.7. The molecule has 0 aromatic heterocycles. The molecule has 1 aromatic rings. The molecular formula is C14H16N4O4. The fourth-order valence-electron chi connectivity index (χ4n) is 1.70. The largest absolute Gasteiger partial charge is 0.460 e. The number of carbonyl (C=O) groups is 2. The van der Waals surface area contributed by atoms with Gasteiger partial charge >= 0.3 is 11.9 Å². The fraction of sp³-hybridized carbons (Fsp3) is 0.286. The van der Waals surface area contributed by atoms with Gasteiger partial charge in [0.15, 0.2) is 0 Å². The number of ether oxygens (including phenoxy) is 2. The number of hydrogen-bond donors (Lipinski definition) is 1. The van der Waals surface area contributed by atoms with Crippen LogP contribution in [0.15, 0.2) is 40.5 Å². The van der Waals surface area contributed by atoms with Crippen molar-refractivity contribution < 1.29 is 19.1 Å². The monoisotopic (exact) mass is 304 g/mol. The number of nitrogens with one attached hydrogen (secondary N) is 1. The van der Waals surface area contributed by atoms with Gasteiger partial charge in [-0.2, -0.15) is 0 Å². The lowest BCUT2D eigenvalue weighted by Gasteiger charge is -2.27. The van der Waals surface area contributed by atoms with Gasteiger partial charge in [0.2, 0.25) is 0 Å². The smallest absolute Gasteiger partial charge is 0.378 e. The Morgan fingerprint density at radius 3 is 2.32 bits per heavy atom. The average molecular weight is 304 g/mol. The van der Waals surface area contributed by atoms with E-state index in [2.05, 4.69) is 15.6 Å². The molecule has 0 unspecified atom stereocenters. The third-order valence-electron chi connectivity index (χ3n) is 2.62. The van der Waals surface area contributed by atoms with E-state index in [1.54, 1.807) is 38.1 Å². The second kappa shape index (κ2) is 7.21. The zero-order valence-electron chi connectivity index (χ0n) is 12.3. The first-order chi connectivity index (χ1) is 10.7. The number of benzene rings is 1. The maximum Gasteiger partial charge on any atom is 0.378 e. The molecular weight excluding hydrogens is 288 g/mol. The van der Waals surface area contributed by atoms with E-state index in [1.165, 1.54) is 5.01 Å². The van der Waals surface area contributed by atoms with Crippen LogP contribution in [0.3, 0.4) is 0 Å².